The van der Waals surface area contributed by atoms with E-state index in [-0.39, 0.29) is 12.0 Å². The molecule has 2 rings (SSSR count). The van der Waals surface area contributed by atoms with E-state index in [0.29, 0.717) is 44.3 Å². The Morgan fingerprint density at radius 3 is 2.36 bits per heavy atom. The second kappa shape index (κ2) is 8.96. The van der Waals surface area contributed by atoms with Crippen molar-refractivity contribution in [2.75, 3.05) is 47.0 Å². The van der Waals surface area contributed by atoms with Gasteiger partial charge in [-0.2, -0.15) is 0 Å². The first kappa shape index (κ1) is 18.6. The highest BCUT2D eigenvalue weighted by Crippen LogP contribution is 2.25. The molecule has 25 heavy (non-hydrogen) atoms. The highest BCUT2D eigenvalue weighted by atomic mass is 16.6. The fraction of sp³-hybridized carbons (Fsp3) is 0.444. The lowest BCUT2D eigenvalue weighted by Crippen LogP contribution is -2.50. The van der Waals surface area contributed by atoms with Crippen molar-refractivity contribution in [2.24, 2.45) is 0 Å². The van der Waals surface area contributed by atoms with Crippen LogP contribution in [0.2, 0.25) is 0 Å². The topological polar surface area (TPSA) is 68.3 Å². The lowest BCUT2D eigenvalue weighted by atomic mass is 10.1. The molecule has 7 heteroatoms. The smallest absolute Gasteiger partial charge is 0.409 e. The number of benzene rings is 1. The van der Waals surface area contributed by atoms with Gasteiger partial charge in [0.1, 0.15) is 11.5 Å². The lowest BCUT2D eigenvalue weighted by molar-refractivity contribution is -0.127. The number of rotatable bonds is 5. The summed E-state index contributed by atoms with van der Waals surface area (Å²) in [5.41, 5.74) is 0.793. The largest absolute Gasteiger partial charge is 0.497 e. The molecule has 136 valence electrons. The van der Waals surface area contributed by atoms with E-state index >= 15 is 0 Å². The molecule has 1 fully saturated rings. The van der Waals surface area contributed by atoms with E-state index in [1.807, 2.05) is 12.1 Å². The third-order valence-corrected chi connectivity index (χ3v) is 3.96. The van der Waals surface area contributed by atoms with Gasteiger partial charge in [0.2, 0.25) is 5.91 Å². The Morgan fingerprint density at radius 2 is 1.76 bits per heavy atom. The first-order chi connectivity index (χ1) is 12.1. The van der Waals surface area contributed by atoms with Crippen LogP contribution in [0.3, 0.4) is 0 Å². The molecule has 0 atom stereocenters. The normalized spacial score (nSPS) is 14.5. The van der Waals surface area contributed by atoms with Gasteiger partial charge in [-0.05, 0) is 25.1 Å². The van der Waals surface area contributed by atoms with E-state index in [9.17, 15) is 9.59 Å². The van der Waals surface area contributed by atoms with Gasteiger partial charge in [0.05, 0.1) is 20.8 Å². The number of methoxy groups -OCH3 is 2. The zero-order valence-corrected chi connectivity index (χ0v) is 14.9. The van der Waals surface area contributed by atoms with Crippen LogP contribution >= 0.6 is 0 Å². The summed E-state index contributed by atoms with van der Waals surface area (Å²) in [5, 5.41) is 0. The van der Waals surface area contributed by atoms with Crippen molar-refractivity contribution in [3.8, 4) is 11.5 Å². The number of ether oxygens (including phenoxy) is 3. The minimum Gasteiger partial charge on any atom is -0.497 e. The number of nitrogens with zero attached hydrogens (tertiary/aromatic N) is 2. The Morgan fingerprint density at radius 1 is 1.08 bits per heavy atom. The van der Waals surface area contributed by atoms with Gasteiger partial charge in [-0.3, -0.25) is 4.79 Å². The van der Waals surface area contributed by atoms with Crippen molar-refractivity contribution in [3.63, 3.8) is 0 Å². The van der Waals surface area contributed by atoms with E-state index in [1.165, 1.54) is 6.08 Å². The van der Waals surface area contributed by atoms with Crippen LogP contribution in [0.1, 0.15) is 12.5 Å². The van der Waals surface area contributed by atoms with Crippen LogP contribution in [-0.4, -0.2) is 68.8 Å². The van der Waals surface area contributed by atoms with Gasteiger partial charge in [0.15, 0.2) is 0 Å². The van der Waals surface area contributed by atoms with Crippen molar-refractivity contribution in [2.45, 2.75) is 6.92 Å². The maximum atomic E-state index is 12.3. The summed E-state index contributed by atoms with van der Waals surface area (Å²) in [6, 6.07) is 5.41. The van der Waals surface area contributed by atoms with Crippen LogP contribution in [0.5, 0.6) is 11.5 Å². The quantitative estimate of drug-likeness (QED) is 0.762. The Labute approximate surface area is 147 Å². The number of hydrogen-bond donors (Lipinski definition) is 0. The molecule has 0 aliphatic carbocycles. The minimum absolute atomic E-state index is 0.0959. The molecule has 0 aromatic heterocycles. The van der Waals surface area contributed by atoms with Crippen LogP contribution in [0.15, 0.2) is 24.3 Å². The first-order valence-electron chi connectivity index (χ1n) is 8.19. The van der Waals surface area contributed by atoms with E-state index in [0.717, 1.165) is 5.56 Å². The summed E-state index contributed by atoms with van der Waals surface area (Å²) < 4.78 is 15.4. The first-order valence-corrected chi connectivity index (χ1v) is 8.19. The monoisotopic (exact) mass is 348 g/mol. The maximum absolute atomic E-state index is 12.3. The van der Waals surface area contributed by atoms with Crippen LogP contribution in [-0.2, 0) is 9.53 Å². The van der Waals surface area contributed by atoms with E-state index in [4.69, 9.17) is 14.2 Å². The van der Waals surface area contributed by atoms with Crippen LogP contribution < -0.4 is 9.47 Å². The van der Waals surface area contributed by atoms with Crippen molar-refractivity contribution < 1.29 is 23.8 Å². The highest BCUT2D eigenvalue weighted by Gasteiger charge is 2.23. The van der Waals surface area contributed by atoms with Gasteiger partial charge in [-0.1, -0.05) is 0 Å². The van der Waals surface area contributed by atoms with Gasteiger partial charge >= 0.3 is 6.09 Å². The average molecular weight is 348 g/mol. The summed E-state index contributed by atoms with van der Waals surface area (Å²) in [5.74, 6) is 1.23. The third-order valence-electron chi connectivity index (χ3n) is 3.96. The van der Waals surface area contributed by atoms with Gasteiger partial charge in [0, 0.05) is 43.9 Å². The number of carbonyl (C=O) groups excluding carboxylic acids is 2. The number of carbonyl (C=O) groups is 2. The molecule has 0 bridgehead atoms. The van der Waals surface area contributed by atoms with Gasteiger partial charge < -0.3 is 24.0 Å². The second-order valence-electron chi connectivity index (χ2n) is 5.45. The molecule has 1 aliphatic heterocycles. The number of piperazine rings is 1. The summed E-state index contributed by atoms with van der Waals surface area (Å²) >= 11 is 0. The molecule has 1 aromatic rings. The average Bonchev–Trinajstić information content (AvgIpc) is 2.66. The third kappa shape index (κ3) is 4.89. The van der Waals surface area contributed by atoms with Crippen molar-refractivity contribution >= 4 is 18.1 Å². The second-order valence-corrected chi connectivity index (χ2v) is 5.45. The lowest BCUT2D eigenvalue weighted by Gasteiger charge is -2.33. The zero-order chi connectivity index (χ0) is 18.2. The number of hydrogen-bond acceptors (Lipinski definition) is 5. The Bertz CT molecular complexity index is 636. The molecule has 1 heterocycles. The predicted octanol–water partition coefficient (Wildman–Crippen LogP) is 2.02. The summed E-state index contributed by atoms with van der Waals surface area (Å²) in [6.07, 6.45) is 2.91. The van der Waals surface area contributed by atoms with Gasteiger partial charge in [0.25, 0.3) is 0 Å². The maximum Gasteiger partial charge on any atom is 0.409 e. The van der Waals surface area contributed by atoms with Crippen LogP contribution in [0.4, 0.5) is 4.79 Å². The molecule has 0 radical (unpaired) electrons. The van der Waals surface area contributed by atoms with Crippen molar-refractivity contribution in [1.29, 1.82) is 0 Å². The van der Waals surface area contributed by atoms with Crippen LogP contribution in [0.25, 0.3) is 6.08 Å². The molecule has 1 saturated heterocycles. The molecular weight excluding hydrogens is 324 g/mol. The molecule has 7 nitrogen and oxygen atoms in total. The predicted molar refractivity (Wildman–Crippen MR) is 93.8 cm³/mol. The van der Waals surface area contributed by atoms with Gasteiger partial charge in [-0.25, -0.2) is 4.79 Å². The van der Waals surface area contributed by atoms with Crippen molar-refractivity contribution in [3.05, 3.63) is 29.8 Å². The minimum atomic E-state index is -0.326. The van der Waals surface area contributed by atoms with E-state index in [2.05, 4.69) is 0 Å². The molecule has 1 aliphatic rings. The highest BCUT2D eigenvalue weighted by molar-refractivity contribution is 5.92. The summed E-state index contributed by atoms with van der Waals surface area (Å²) in [7, 11) is 3.16. The molecule has 0 N–H and O–H groups in total. The SMILES string of the molecule is CCOC(=O)N1CCN(C(=O)C=Cc2ccc(OC)cc2OC)CC1. The molecular formula is C18H24N2O5. The molecule has 2 amide bonds. The summed E-state index contributed by atoms with van der Waals surface area (Å²) in [6.45, 7) is 4.05. The molecule has 0 unspecified atom stereocenters. The summed E-state index contributed by atoms with van der Waals surface area (Å²) in [4.78, 5) is 27.3. The van der Waals surface area contributed by atoms with E-state index in [1.54, 1.807) is 43.1 Å². The number of amides is 2. The Hall–Kier alpha value is -2.70. The molecule has 1 aromatic carbocycles. The molecule has 0 spiro atoms. The van der Waals surface area contributed by atoms with Crippen LogP contribution in [0, 0.1) is 0 Å². The van der Waals surface area contributed by atoms with E-state index < -0.39 is 0 Å². The fourth-order valence-electron chi connectivity index (χ4n) is 2.55. The Kier molecular flexibility index (Phi) is 6.68. The Balaban J connectivity index is 1.94. The van der Waals surface area contributed by atoms with Gasteiger partial charge in [-0.15, -0.1) is 0 Å². The zero-order valence-electron chi connectivity index (χ0n) is 14.9. The van der Waals surface area contributed by atoms with Crippen molar-refractivity contribution in [1.82, 2.24) is 9.80 Å². The fourth-order valence-corrected chi connectivity index (χ4v) is 2.55. The standard InChI is InChI=1S/C18H24N2O5/c1-4-25-18(22)20-11-9-19(10-12-20)17(21)8-6-14-5-7-15(23-2)13-16(14)24-3/h5-8,13H,4,9-12H2,1-3H3. The molecule has 0 saturated carbocycles.